The monoisotopic (exact) mass is 650 g/mol. The summed E-state index contributed by atoms with van der Waals surface area (Å²) in [5, 5.41) is 36.7. The summed E-state index contributed by atoms with van der Waals surface area (Å²) in [6.45, 7) is 0. The summed E-state index contributed by atoms with van der Waals surface area (Å²) in [6.07, 6.45) is 0. The first-order valence-corrected chi connectivity index (χ1v) is 16.0. The average Bonchev–Trinajstić information content (AvgIpc) is 2.80. The van der Waals surface area contributed by atoms with Gasteiger partial charge in [-0.1, -0.05) is 0 Å². The highest BCUT2D eigenvalue weighted by Gasteiger charge is 2.26. The van der Waals surface area contributed by atoms with E-state index in [9.17, 15) is 67.2 Å². The number of phenols is 3. The Morgan fingerprint density at radius 1 is 0.488 bits per heavy atom. The van der Waals surface area contributed by atoms with Crippen molar-refractivity contribution in [2.75, 3.05) is 0 Å². The fourth-order valence-electron chi connectivity index (χ4n) is 3.78. The summed E-state index contributed by atoms with van der Waals surface area (Å²) in [4.78, 5) is -4.00. The summed E-state index contributed by atoms with van der Waals surface area (Å²) in [5.74, 6) is -3.25. The van der Waals surface area contributed by atoms with Crippen LogP contribution < -0.4 is 0 Å². The van der Waals surface area contributed by atoms with Crippen molar-refractivity contribution < 1.29 is 67.2 Å². The zero-order chi connectivity index (χ0) is 30.9. The lowest BCUT2D eigenvalue weighted by Gasteiger charge is -2.12. The van der Waals surface area contributed by atoms with Crippen molar-refractivity contribution in [1.82, 2.24) is 0 Å². The van der Waals surface area contributed by atoms with E-state index in [0.29, 0.717) is 42.5 Å². The molecule has 41 heavy (non-hydrogen) atoms. The van der Waals surface area contributed by atoms with Crippen LogP contribution in [0.4, 0.5) is 11.4 Å². The van der Waals surface area contributed by atoms with Gasteiger partial charge in [-0.05, 0) is 41.1 Å². The molecule has 218 valence electrons. The number of rotatable bonds is 6. The first-order valence-electron chi connectivity index (χ1n) is 10.2. The predicted octanol–water partition coefficient (Wildman–Crippen LogP) is 2.51. The Bertz CT molecular complexity index is 2270. The van der Waals surface area contributed by atoms with Crippen molar-refractivity contribution in [3.8, 4) is 17.2 Å². The quantitative estimate of drug-likeness (QED) is 0.116. The number of aromatic hydroxyl groups is 3. The number of phenolic OH excluding ortho intramolecular Hbond substituents is 3. The second-order valence-electron chi connectivity index (χ2n) is 8.20. The third-order valence-corrected chi connectivity index (χ3v) is 8.85. The lowest BCUT2D eigenvalue weighted by molar-refractivity contribution is 0.443. The number of fused-ring (bicyclic) bond motifs is 2. The maximum atomic E-state index is 11.9. The third kappa shape index (κ3) is 5.77. The van der Waals surface area contributed by atoms with E-state index in [1.54, 1.807) is 0 Å². The molecule has 4 aromatic carbocycles. The Hall–Kier alpha value is -3.96. The van der Waals surface area contributed by atoms with E-state index in [4.69, 9.17) is 0 Å². The molecule has 0 aromatic heterocycles. The van der Waals surface area contributed by atoms with Gasteiger partial charge in [0, 0.05) is 12.1 Å². The van der Waals surface area contributed by atoms with Gasteiger partial charge in [0.1, 0.15) is 22.1 Å². The van der Waals surface area contributed by atoms with Crippen molar-refractivity contribution in [2.24, 2.45) is 10.2 Å². The van der Waals surface area contributed by atoms with Gasteiger partial charge in [0.15, 0.2) is 5.75 Å². The lowest BCUT2D eigenvalue weighted by Crippen LogP contribution is -2.01. The minimum Gasteiger partial charge on any atom is -0.507 e. The van der Waals surface area contributed by atoms with Crippen molar-refractivity contribution in [1.29, 1.82) is 0 Å². The minimum atomic E-state index is -5.26. The summed E-state index contributed by atoms with van der Waals surface area (Å²) in [7, 11) is -20.2. The number of hydrogen-bond acceptors (Lipinski definition) is 13. The number of hydrogen-bond donors (Lipinski definition) is 7. The molecule has 4 rings (SSSR count). The normalized spacial score (nSPS) is 13.4. The summed E-state index contributed by atoms with van der Waals surface area (Å²) in [6, 6.07) is 4.26. The van der Waals surface area contributed by atoms with Crippen LogP contribution in [0.2, 0.25) is 0 Å². The Kier molecular flexibility index (Phi) is 7.00. The molecule has 0 radical (unpaired) electrons. The van der Waals surface area contributed by atoms with Crippen LogP contribution in [0.1, 0.15) is 0 Å². The molecular formula is C20H14N2O15S4. The molecule has 0 saturated carbocycles. The van der Waals surface area contributed by atoms with Gasteiger partial charge in [-0.3, -0.25) is 18.2 Å². The van der Waals surface area contributed by atoms with Gasteiger partial charge in [0.2, 0.25) is 0 Å². The van der Waals surface area contributed by atoms with E-state index in [2.05, 4.69) is 10.2 Å². The molecule has 0 atom stereocenters. The topological polar surface area (TPSA) is 303 Å². The van der Waals surface area contributed by atoms with Crippen LogP contribution in [-0.4, -0.2) is 67.2 Å². The highest BCUT2D eigenvalue weighted by atomic mass is 32.2. The van der Waals surface area contributed by atoms with E-state index in [-0.39, 0.29) is 0 Å². The van der Waals surface area contributed by atoms with Gasteiger partial charge in [-0.15, -0.1) is 10.2 Å². The highest BCUT2D eigenvalue weighted by molar-refractivity contribution is 7.86. The highest BCUT2D eigenvalue weighted by Crippen LogP contribution is 2.46. The molecule has 0 bridgehead atoms. The molecule has 0 amide bonds. The molecule has 17 nitrogen and oxygen atoms in total. The fourth-order valence-corrected chi connectivity index (χ4v) is 6.00. The van der Waals surface area contributed by atoms with Gasteiger partial charge >= 0.3 is 0 Å². The molecule has 0 unspecified atom stereocenters. The van der Waals surface area contributed by atoms with Crippen molar-refractivity contribution >= 4 is 73.4 Å². The van der Waals surface area contributed by atoms with Crippen LogP contribution in [0.25, 0.3) is 21.5 Å². The second-order valence-corrected chi connectivity index (χ2v) is 13.9. The third-order valence-electron chi connectivity index (χ3n) is 5.49. The van der Waals surface area contributed by atoms with E-state index >= 15 is 0 Å². The SMILES string of the molecule is O=S(=O)(O)c1cc(O)c2c(N=Nc3c(O)c(S(=O)(=O)O)cc4cc(S(=O)(=O)O)cc(O)c34)cc(S(=O)(=O)O)cc2c1. The number of azo groups is 1. The van der Waals surface area contributed by atoms with Crippen molar-refractivity contribution in [2.45, 2.75) is 19.6 Å². The fraction of sp³-hybridized carbons (Fsp3) is 0. The van der Waals surface area contributed by atoms with Gasteiger partial charge in [0.05, 0.1) is 31.1 Å². The Morgan fingerprint density at radius 3 is 1.34 bits per heavy atom. The second kappa shape index (κ2) is 9.56. The van der Waals surface area contributed by atoms with Crippen molar-refractivity contribution in [3.05, 3.63) is 42.5 Å². The smallest absolute Gasteiger partial charge is 0.298 e. The predicted molar refractivity (Wildman–Crippen MR) is 136 cm³/mol. The first-order chi connectivity index (χ1) is 18.6. The standard InChI is InChI=1S/C20H14N2O15S4/c23-14-6-11(39(29,30)31)2-8-1-10(38(26,27)28)5-13(17(8)14)21-22-19-18-9(4-16(20(19)25)41(35,36)37)3-12(7-15(18)24)40(32,33)34/h1-7,23-25H,(H,26,27,28)(H,29,30,31)(H,32,33,34)(H,35,36,37). The van der Waals surface area contributed by atoms with Crippen LogP contribution in [0.15, 0.2) is 72.3 Å². The zero-order valence-electron chi connectivity index (χ0n) is 19.5. The molecule has 0 aliphatic carbocycles. The first kappa shape index (κ1) is 30.0. The molecule has 21 heteroatoms. The van der Waals surface area contributed by atoms with E-state index in [1.165, 1.54) is 0 Å². The van der Waals surface area contributed by atoms with Crippen LogP contribution in [0.3, 0.4) is 0 Å². The van der Waals surface area contributed by atoms with Crippen LogP contribution in [0.5, 0.6) is 17.2 Å². The molecule has 0 heterocycles. The number of benzene rings is 4. The minimum absolute atomic E-state index is 0.428. The molecule has 0 spiro atoms. The van der Waals surface area contributed by atoms with Crippen molar-refractivity contribution in [3.63, 3.8) is 0 Å². The van der Waals surface area contributed by atoms with E-state index < -0.39 is 110 Å². The van der Waals surface area contributed by atoms with Gasteiger partial charge in [-0.2, -0.15) is 33.7 Å². The van der Waals surface area contributed by atoms with Gasteiger partial charge < -0.3 is 15.3 Å². The summed E-state index contributed by atoms with van der Waals surface area (Å²) >= 11 is 0. The summed E-state index contributed by atoms with van der Waals surface area (Å²) < 4.78 is 131. The molecule has 0 aliphatic heterocycles. The Balaban J connectivity index is 2.13. The lowest BCUT2D eigenvalue weighted by atomic mass is 10.1. The molecule has 4 aromatic rings. The largest absolute Gasteiger partial charge is 0.507 e. The maximum absolute atomic E-state index is 11.9. The molecule has 0 saturated heterocycles. The van der Waals surface area contributed by atoms with E-state index in [1.807, 2.05) is 0 Å². The van der Waals surface area contributed by atoms with Crippen LogP contribution >= 0.6 is 0 Å². The molecule has 0 aliphatic rings. The molecule has 7 N–H and O–H groups in total. The maximum Gasteiger partial charge on any atom is 0.298 e. The van der Waals surface area contributed by atoms with E-state index in [0.717, 1.165) is 0 Å². The Morgan fingerprint density at radius 2 is 0.902 bits per heavy atom. The average molecular weight is 651 g/mol. The van der Waals surface area contributed by atoms with Crippen LogP contribution in [0, 0.1) is 0 Å². The zero-order valence-corrected chi connectivity index (χ0v) is 22.7. The van der Waals surface area contributed by atoms with Crippen LogP contribution in [-0.2, 0) is 40.5 Å². The van der Waals surface area contributed by atoms with Gasteiger partial charge in [0.25, 0.3) is 40.5 Å². The Labute approximate surface area is 229 Å². The van der Waals surface area contributed by atoms with Gasteiger partial charge in [-0.25, -0.2) is 0 Å². The summed E-state index contributed by atoms with van der Waals surface area (Å²) in [5.41, 5.74) is -1.61. The molecular weight excluding hydrogens is 636 g/mol. The number of nitrogens with zero attached hydrogens (tertiary/aromatic N) is 2. The molecule has 0 fully saturated rings.